The second-order valence-corrected chi connectivity index (χ2v) is 6.44. The molecule has 4 nitrogen and oxygen atoms in total. The van der Waals surface area contributed by atoms with Crippen molar-refractivity contribution in [1.82, 2.24) is 20.1 Å². The van der Waals surface area contributed by atoms with E-state index in [2.05, 4.69) is 46.1 Å². The van der Waals surface area contributed by atoms with Crippen LogP contribution in [0.15, 0.2) is 24.4 Å². The Bertz CT molecular complexity index is 585. The van der Waals surface area contributed by atoms with Gasteiger partial charge in [0.1, 0.15) is 5.69 Å². The van der Waals surface area contributed by atoms with Crippen molar-refractivity contribution in [3.05, 3.63) is 35.7 Å². The Kier molecular flexibility index (Phi) is 4.06. The van der Waals surface area contributed by atoms with Gasteiger partial charge in [-0.15, -0.1) is 0 Å². The number of pyridine rings is 1. The van der Waals surface area contributed by atoms with E-state index in [1.165, 1.54) is 25.1 Å². The zero-order chi connectivity index (χ0) is 14.8. The fourth-order valence-corrected chi connectivity index (χ4v) is 3.08. The largest absolute Gasteiger partial charge is 0.301 e. The SMILES string of the molecule is Cc1cc(-c2ccc(C[C@H]3CCN(C(C)C)C3)cn2)n[nH]1. The van der Waals surface area contributed by atoms with Gasteiger partial charge in [-0.05, 0) is 63.8 Å². The molecule has 1 aliphatic rings. The van der Waals surface area contributed by atoms with E-state index in [0.717, 1.165) is 29.4 Å². The van der Waals surface area contributed by atoms with Crippen LogP contribution in [0.2, 0.25) is 0 Å². The molecule has 112 valence electrons. The van der Waals surface area contributed by atoms with Crippen LogP contribution in [0.5, 0.6) is 0 Å². The smallest absolute Gasteiger partial charge is 0.111 e. The fourth-order valence-electron chi connectivity index (χ4n) is 3.08. The van der Waals surface area contributed by atoms with Crippen molar-refractivity contribution >= 4 is 0 Å². The second kappa shape index (κ2) is 5.98. The fraction of sp³-hybridized carbons (Fsp3) is 0.529. The molecule has 0 aromatic carbocycles. The van der Waals surface area contributed by atoms with E-state index in [-0.39, 0.29) is 0 Å². The van der Waals surface area contributed by atoms with Crippen LogP contribution in [0.25, 0.3) is 11.4 Å². The third-order valence-electron chi connectivity index (χ3n) is 4.37. The molecule has 3 heterocycles. The van der Waals surface area contributed by atoms with Crippen molar-refractivity contribution in [3.8, 4) is 11.4 Å². The zero-order valence-electron chi connectivity index (χ0n) is 13.1. The quantitative estimate of drug-likeness (QED) is 0.938. The van der Waals surface area contributed by atoms with E-state index in [0.29, 0.717) is 6.04 Å². The monoisotopic (exact) mass is 284 g/mol. The van der Waals surface area contributed by atoms with E-state index >= 15 is 0 Å². The lowest BCUT2D eigenvalue weighted by Gasteiger charge is -2.20. The summed E-state index contributed by atoms with van der Waals surface area (Å²) in [6.45, 7) is 9.03. The molecule has 21 heavy (non-hydrogen) atoms. The van der Waals surface area contributed by atoms with Gasteiger partial charge in [0.15, 0.2) is 0 Å². The number of likely N-dealkylation sites (tertiary alicyclic amines) is 1. The van der Waals surface area contributed by atoms with E-state index in [4.69, 9.17) is 0 Å². The molecule has 2 aromatic heterocycles. The molecule has 0 saturated carbocycles. The molecule has 1 N–H and O–H groups in total. The molecule has 0 radical (unpaired) electrons. The van der Waals surface area contributed by atoms with Crippen molar-refractivity contribution in [3.63, 3.8) is 0 Å². The normalized spacial score (nSPS) is 19.5. The molecular formula is C17H24N4. The van der Waals surface area contributed by atoms with Crippen molar-refractivity contribution < 1.29 is 0 Å². The summed E-state index contributed by atoms with van der Waals surface area (Å²) in [5.74, 6) is 0.771. The third-order valence-corrected chi connectivity index (χ3v) is 4.37. The Morgan fingerprint density at radius 2 is 2.19 bits per heavy atom. The average molecular weight is 284 g/mol. The first kappa shape index (κ1) is 14.3. The van der Waals surface area contributed by atoms with Crippen molar-refractivity contribution in [2.45, 2.75) is 39.7 Å². The van der Waals surface area contributed by atoms with Crippen molar-refractivity contribution in [2.75, 3.05) is 13.1 Å². The molecule has 1 saturated heterocycles. The summed E-state index contributed by atoms with van der Waals surface area (Å²) >= 11 is 0. The summed E-state index contributed by atoms with van der Waals surface area (Å²) in [4.78, 5) is 7.13. The molecule has 1 aliphatic heterocycles. The molecule has 4 heteroatoms. The lowest BCUT2D eigenvalue weighted by atomic mass is 9.99. The van der Waals surface area contributed by atoms with Gasteiger partial charge >= 0.3 is 0 Å². The number of nitrogens with one attached hydrogen (secondary N) is 1. The minimum absolute atomic E-state index is 0.665. The number of aromatic amines is 1. The lowest BCUT2D eigenvalue weighted by Crippen LogP contribution is -2.28. The molecule has 1 fully saturated rings. The minimum atomic E-state index is 0.665. The molecule has 0 aliphatic carbocycles. The molecule has 3 rings (SSSR count). The van der Waals surface area contributed by atoms with Crippen LogP contribution in [-0.2, 0) is 6.42 Å². The molecule has 0 unspecified atom stereocenters. The predicted molar refractivity (Wildman–Crippen MR) is 85.1 cm³/mol. The number of hydrogen-bond acceptors (Lipinski definition) is 3. The molecule has 0 spiro atoms. The summed E-state index contributed by atoms with van der Waals surface area (Å²) < 4.78 is 0. The van der Waals surface area contributed by atoms with Crippen LogP contribution in [0.4, 0.5) is 0 Å². The van der Waals surface area contributed by atoms with E-state index in [9.17, 15) is 0 Å². The molecule has 1 atom stereocenters. The van der Waals surface area contributed by atoms with Crippen LogP contribution in [0.3, 0.4) is 0 Å². The second-order valence-electron chi connectivity index (χ2n) is 6.44. The summed E-state index contributed by atoms with van der Waals surface area (Å²) in [6, 6.07) is 6.97. The summed E-state index contributed by atoms with van der Waals surface area (Å²) in [5.41, 5.74) is 4.27. The first-order valence-electron chi connectivity index (χ1n) is 7.83. The van der Waals surface area contributed by atoms with Gasteiger partial charge in [-0.25, -0.2) is 0 Å². The average Bonchev–Trinajstić information content (AvgIpc) is 3.09. The van der Waals surface area contributed by atoms with Gasteiger partial charge in [-0.2, -0.15) is 5.10 Å². The van der Waals surface area contributed by atoms with Crippen molar-refractivity contribution in [2.24, 2.45) is 5.92 Å². The number of nitrogens with zero attached hydrogens (tertiary/aromatic N) is 3. The van der Waals surface area contributed by atoms with Gasteiger partial charge in [0.2, 0.25) is 0 Å². The molecule has 2 aromatic rings. The van der Waals surface area contributed by atoms with Gasteiger partial charge in [0.05, 0.1) is 5.69 Å². The zero-order valence-corrected chi connectivity index (χ0v) is 13.1. The van der Waals surface area contributed by atoms with Crippen LogP contribution >= 0.6 is 0 Å². The van der Waals surface area contributed by atoms with Gasteiger partial charge in [0, 0.05) is 24.5 Å². The van der Waals surface area contributed by atoms with Crippen molar-refractivity contribution in [1.29, 1.82) is 0 Å². The molecule has 0 bridgehead atoms. The molecular weight excluding hydrogens is 260 g/mol. The molecule has 0 amide bonds. The highest BCUT2D eigenvalue weighted by atomic mass is 15.2. The van der Waals surface area contributed by atoms with Gasteiger partial charge in [-0.3, -0.25) is 10.1 Å². The number of H-pyrrole nitrogens is 1. The minimum Gasteiger partial charge on any atom is -0.301 e. The first-order chi connectivity index (χ1) is 10.1. The van der Waals surface area contributed by atoms with Crippen LogP contribution in [0.1, 0.15) is 31.5 Å². The van der Waals surface area contributed by atoms with E-state index < -0.39 is 0 Å². The first-order valence-corrected chi connectivity index (χ1v) is 7.83. The lowest BCUT2D eigenvalue weighted by molar-refractivity contribution is 0.265. The number of hydrogen-bond donors (Lipinski definition) is 1. The Morgan fingerprint density at radius 1 is 1.33 bits per heavy atom. The predicted octanol–water partition coefficient (Wildman–Crippen LogP) is 3.05. The third kappa shape index (κ3) is 3.32. The highest BCUT2D eigenvalue weighted by Gasteiger charge is 2.24. The van der Waals surface area contributed by atoms with Gasteiger partial charge in [-0.1, -0.05) is 6.07 Å². The number of aromatic nitrogens is 3. The highest BCUT2D eigenvalue weighted by molar-refractivity contribution is 5.54. The maximum Gasteiger partial charge on any atom is 0.111 e. The number of aryl methyl sites for hydroxylation is 1. The standard InChI is InChI=1S/C17H24N4/c1-12(2)21-7-6-15(11-21)9-14-4-5-16(18-10-14)17-8-13(3)19-20-17/h4-5,8,10,12,15H,6-7,9,11H2,1-3H3,(H,19,20)/t15-/m1/s1. The Balaban J connectivity index is 1.63. The highest BCUT2D eigenvalue weighted by Crippen LogP contribution is 2.23. The maximum absolute atomic E-state index is 4.56. The van der Waals surface area contributed by atoms with Gasteiger partial charge in [0.25, 0.3) is 0 Å². The van der Waals surface area contributed by atoms with E-state index in [1.54, 1.807) is 0 Å². The van der Waals surface area contributed by atoms with E-state index in [1.807, 2.05) is 19.2 Å². The van der Waals surface area contributed by atoms with Crippen LogP contribution < -0.4 is 0 Å². The van der Waals surface area contributed by atoms with Crippen LogP contribution in [0, 0.1) is 12.8 Å². The van der Waals surface area contributed by atoms with Gasteiger partial charge < -0.3 is 4.90 Å². The maximum atomic E-state index is 4.56. The van der Waals surface area contributed by atoms with Crippen LogP contribution in [-0.4, -0.2) is 39.2 Å². The number of rotatable bonds is 4. The Morgan fingerprint density at radius 3 is 2.76 bits per heavy atom. The summed E-state index contributed by atoms with van der Waals surface area (Å²) in [5, 5.41) is 7.21. The summed E-state index contributed by atoms with van der Waals surface area (Å²) in [6.07, 6.45) is 4.45. The summed E-state index contributed by atoms with van der Waals surface area (Å²) in [7, 11) is 0. The Labute approximate surface area is 126 Å². The Hall–Kier alpha value is -1.68. The topological polar surface area (TPSA) is 44.8 Å².